The summed E-state index contributed by atoms with van der Waals surface area (Å²) in [6.07, 6.45) is -3.06. The number of esters is 1. The quantitative estimate of drug-likeness (QED) is 0.825. The molecule has 0 amide bonds. The lowest BCUT2D eigenvalue weighted by Gasteiger charge is -2.09. The monoisotopic (exact) mass is 245 g/mol. The van der Waals surface area contributed by atoms with Crippen LogP contribution < -0.4 is 0 Å². The lowest BCUT2D eigenvalue weighted by atomic mass is 10.1. The minimum Gasteiger partial charge on any atom is -0.506 e. The molecule has 1 aromatic rings. The van der Waals surface area contributed by atoms with Crippen LogP contribution >= 0.6 is 0 Å². The summed E-state index contributed by atoms with van der Waals surface area (Å²) in [5, 5.41) is 9.50. The van der Waals surface area contributed by atoms with E-state index < -0.39 is 18.1 Å². The van der Waals surface area contributed by atoms with E-state index in [-0.39, 0.29) is 30.0 Å². The molecular formula is C11H13F2NO3. The number of alkyl halides is 2. The summed E-state index contributed by atoms with van der Waals surface area (Å²) >= 11 is 0. The van der Waals surface area contributed by atoms with Gasteiger partial charge in [0.2, 0.25) is 0 Å². The number of rotatable bonds is 4. The number of pyridine rings is 1. The van der Waals surface area contributed by atoms with Gasteiger partial charge in [-0.05, 0) is 25.5 Å². The summed E-state index contributed by atoms with van der Waals surface area (Å²) in [5.74, 6) is -0.890. The van der Waals surface area contributed by atoms with Gasteiger partial charge in [0.1, 0.15) is 11.4 Å². The summed E-state index contributed by atoms with van der Waals surface area (Å²) < 4.78 is 29.8. The fourth-order valence-corrected chi connectivity index (χ4v) is 1.35. The van der Waals surface area contributed by atoms with Crippen LogP contribution in [-0.2, 0) is 16.0 Å². The number of hydrogen-bond acceptors (Lipinski definition) is 4. The molecular weight excluding hydrogens is 232 g/mol. The van der Waals surface area contributed by atoms with Gasteiger partial charge in [-0.3, -0.25) is 4.79 Å². The maximum Gasteiger partial charge on any atom is 0.312 e. The number of nitrogens with zero attached hydrogens (tertiary/aromatic N) is 1. The maximum atomic E-state index is 12.6. The van der Waals surface area contributed by atoms with E-state index in [4.69, 9.17) is 0 Å². The summed E-state index contributed by atoms with van der Waals surface area (Å²) in [4.78, 5) is 14.8. The fourth-order valence-electron chi connectivity index (χ4n) is 1.35. The summed E-state index contributed by atoms with van der Waals surface area (Å²) in [5.41, 5.74) is -0.337. The predicted octanol–water partition coefficient (Wildman–Crippen LogP) is 2.14. The highest BCUT2D eigenvalue weighted by Crippen LogP contribution is 2.26. The van der Waals surface area contributed by atoms with Gasteiger partial charge in [0.05, 0.1) is 18.7 Å². The number of ether oxygens (including phenoxy) is 1. The van der Waals surface area contributed by atoms with Crippen molar-refractivity contribution in [2.45, 2.75) is 26.7 Å². The smallest absolute Gasteiger partial charge is 0.312 e. The van der Waals surface area contributed by atoms with Crippen molar-refractivity contribution < 1.29 is 23.4 Å². The Balaban J connectivity index is 2.99. The van der Waals surface area contributed by atoms with Crippen molar-refractivity contribution in [2.75, 3.05) is 6.61 Å². The number of aromatic hydroxyl groups is 1. The molecule has 17 heavy (non-hydrogen) atoms. The first-order valence-electron chi connectivity index (χ1n) is 5.08. The van der Waals surface area contributed by atoms with Gasteiger partial charge >= 0.3 is 5.97 Å². The van der Waals surface area contributed by atoms with Gasteiger partial charge in [-0.2, -0.15) is 0 Å². The van der Waals surface area contributed by atoms with Gasteiger partial charge in [0.15, 0.2) is 0 Å². The molecule has 0 aromatic carbocycles. The van der Waals surface area contributed by atoms with Crippen molar-refractivity contribution in [2.24, 2.45) is 0 Å². The van der Waals surface area contributed by atoms with E-state index in [1.807, 2.05) is 0 Å². The van der Waals surface area contributed by atoms with Crippen LogP contribution in [0, 0.1) is 6.92 Å². The molecule has 0 aliphatic rings. The molecule has 0 fully saturated rings. The minimum atomic E-state index is -2.74. The van der Waals surface area contributed by atoms with Gasteiger partial charge in [-0.25, -0.2) is 13.8 Å². The number of carbonyl (C=O) groups excluding carboxylic acids is 1. The first-order chi connectivity index (χ1) is 7.95. The lowest BCUT2D eigenvalue weighted by molar-refractivity contribution is -0.142. The molecule has 6 heteroatoms. The standard InChI is InChI=1S/C11H13F2NO3/c1-3-17-9(16)5-7-8(15)4-6(2)10(14-7)11(12)13/h4,11,15H,3,5H2,1-2H3. The minimum absolute atomic E-state index is 0.0932. The number of carbonyl (C=O) groups is 1. The highest BCUT2D eigenvalue weighted by Gasteiger charge is 2.18. The average molecular weight is 245 g/mol. The van der Waals surface area contributed by atoms with Gasteiger partial charge in [-0.1, -0.05) is 0 Å². The Morgan fingerprint density at radius 3 is 2.76 bits per heavy atom. The van der Waals surface area contributed by atoms with Crippen LogP contribution in [0.2, 0.25) is 0 Å². The third kappa shape index (κ3) is 3.37. The van der Waals surface area contributed by atoms with Crippen LogP contribution in [-0.4, -0.2) is 22.7 Å². The van der Waals surface area contributed by atoms with Crippen LogP contribution in [0.4, 0.5) is 8.78 Å². The molecule has 0 atom stereocenters. The third-order valence-electron chi connectivity index (χ3n) is 2.13. The molecule has 94 valence electrons. The van der Waals surface area contributed by atoms with Crippen LogP contribution in [0.3, 0.4) is 0 Å². The Hall–Kier alpha value is -1.72. The van der Waals surface area contributed by atoms with Crippen molar-refractivity contribution >= 4 is 5.97 Å². The van der Waals surface area contributed by atoms with Crippen molar-refractivity contribution in [3.63, 3.8) is 0 Å². The molecule has 1 heterocycles. The molecule has 1 aromatic heterocycles. The normalized spacial score (nSPS) is 10.6. The van der Waals surface area contributed by atoms with Crippen LogP contribution in [0.1, 0.15) is 30.3 Å². The first kappa shape index (κ1) is 13.3. The van der Waals surface area contributed by atoms with Crippen LogP contribution in [0.15, 0.2) is 6.07 Å². The topological polar surface area (TPSA) is 59.4 Å². The molecule has 0 unspecified atom stereocenters. The second kappa shape index (κ2) is 5.56. The number of aryl methyl sites for hydroxylation is 1. The highest BCUT2D eigenvalue weighted by atomic mass is 19.3. The molecule has 1 N–H and O–H groups in total. The fraction of sp³-hybridized carbons (Fsp3) is 0.455. The van der Waals surface area contributed by atoms with Crippen molar-refractivity contribution in [3.8, 4) is 5.75 Å². The Morgan fingerprint density at radius 2 is 2.24 bits per heavy atom. The van der Waals surface area contributed by atoms with E-state index >= 15 is 0 Å². The second-order valence-corrected chi connectivity index (χ2v) is 3.44. The zero-order valence-corrected chi connectivity index (χ0v) is 9.54. The van der Waals surface area contributed by atoms with Crippen molar-refractivity contribution in [1.82, 2.24) is 4.98 Å². The molecule has 0 aliphatic heterocycles. The molecule has 0 bridgehead atoms. The van der Waals surface area contributed by atoms with Gasteiger partial charge in [0.25, 0.3) is 6.43 Å². The van der Waals surface area contributed by atoms with Crippen LogP contribution in [0.5, 0.6) is 5.75 Å². The largest absolute Gasteiger partial charge is 0.506 e. The van der Waals surface area contributed by atoms with Gasteiger partial charge in [0, 0.05) is 0 Å². The average Bonchev–Trinajstić information content (AvgIpc) is 2.21. The number of hydrogen-bond donors (Lipinski definition) is 1. The van der Waals surface area contributed by atoms with E-state index in [1.54, 1.807) is 6.92 Å². The molecule has 0 spiro atoms. The predicted molar refractivity (Wildman–Crippen MR) is 55.9 cm³/mol. The Bertz CT molecular complexity index is 421. The van der Waals surface area contributed by atoms with Crippen LogP contribution in [0.25, 0.3) is 0 Å². The molecule has 0 aliphatic carbocycles. The number of aromatic nitrogens is 1. The lowest BCUT2D eigenvalue weighted by Crippen LogP contribution is -2.10. The zero-order chi connectivity index (χ0) is 13.0. The zero-order valence-electron chi connectivity index (χ0n) is 9.54. The Labute approximate surface area is 97.2 Å². The van der Waals surface area contributed by atoms with E-state index in [2.05, 4.69) is 9.72 Å². The molecule has 0 saturated heterocycles. The van der Waals surface area contributed by atoms with E-state index in [0.717, 1.165) is 0 Å². The van der Waals surface area contributed by atoms with E-state index in [9.17, 15) is 18.7 Å². The van der Waals surface area contributed by atoms with Gasteiger partial charge < -0.3 is 9.84 Å². The Morgan fingerprint density at radius 1 is 1.59 bits per heavy atom. The van der Waals surface area contributed by atoms with Crippen molar-refractivity contribution in [1.29, 1.82) is 0 Å². The summed E-state index contributed by atoms with van der Waals surface area (Å²) in [7, 11) is 0. The second-order valence-electron chi connectivity index (χ2n) is 3.44. The third-order valence-corrected chi connectivity index (χ3v) is 2.13. The first-order valence-corrected chi connectivity index (χ1v) is 5.08. The Kier molecular flexibility index (Phi) is 4.37. The number of halogens is 2. The summed E-state index contributed by atoms with van der Waals surface area (Å²) in [6.45, 7) is 3.24. The SMILES string of the molecule is CCOC(=O)Cc1nc(C(F)F)c(C)cc1O. The molecule has 1 rings (SSSR count). The van der Waals surface area contributed by atoms with Gasteiger partial charge in [-0.15, -0.1) is 0 Å². The maximum absolute atomic E-state index is 12.6. The molecule has 0 saturated carbocycles. The molecule has 0 radical (unpaired) electrons. The van der Waals surface area contributed by atoms with E-state index in [1.165, 1.54) is 13.0 Å². The van der Waals surface area contributed by atoms with E-state index in [0.29, 0.717) is 0 Å². The summed E-state index contributed by atoms with van der Waals surface area (Å²) in [6, 6.07) is 1.17. The van der Waals surface area contributed by atoms with Crippen molar-refractivity contribution in [3.05, 3.63) is 23.0 Å². The highest BCUT2D eigenvalue weighted by molar-refractivity contribution is 5.72. The molecule has 4 nitrogen and oxygen atoms in total.